The maximum atomic E-state index is 5.02. The van der Waals surface area contributed by atoms with Gasteiger partial charge in [0.1, 0.15) is 5.01 Å². The number of allylic oxidation sites excluding steroid dienone is 4. The number of nitrogens with zero attached hydrogens (tertiary/aromatic N) is 3. The highest BCUT2D eigenvalue weighted by Crippen LogP contribution is 2.43. The first kappa shape index (κ1) is 26.7. The molecule has 1 aliphatic heterocycles. The van der Waals surface area contributed by atoms with Gasteiger partial charge in [-0.05, 0) is 65.6 Å². The highest BCUT2D eigenvalue weighted by atomic mass is 32.1. The fraction of sp³-hybridized carbons (Fsp3) is 0.0238. The SMILES string of the molecule is C=C1/C=C\C=C/CN(c2ccccc2)c2cc3c4ccccc4n(-c4ccc(-c5nc6ccccc6s5)c5ccccc45)c3cc21. The Morgan fingerprint density at radius 1 is 0.609 bits per heavy atom. The van der Waals surface area contributed by atoms with E-state index >= 15 is 0 Å². The molecule has 1 aliphatic rings. The average molecular weight is 608 g/mol. The molecule has 3 heterocycles. The Hall–Kier alpha value is -5.71. The fourth-order valence-electron chi connectivity index (χ4n) is 6.85. The molecule has 2 aromatic heterocycles. The van der Waals surface area contributed by atoms with Gasteiger partial charge >= 0.3 is 0 Å². The lowest BCUT2D eigenvalue weighted by atomic mass is 10.00. The molecule has 218 valence electrons. The number of hydrogen-bond donors (Lipinski definition) is 0. The third-order valence-corrected chi connectivity index (χ3v) is 10.1. The van der Waals surface area contributed by atoms with Gasteiger partial charge in [-0.25, -0.2) is 4.98 Å². The Morgan fingerprint density at radius 3 is 2.24 bits per heavy atom. The van der Waals surface area contributed by atoms with Crippen molar-refractivity contribution in [2.45, 2.75) is 0 Å². The predicted molar refractivity (Wildman–Crippen MR) is 198 cm³/mol. The van der Waals surface area contributed by atoms with Crippen molar-refractivity contribution in [2.75, 3.05) is 11.4 Å². The molecule has 0 spiro atoms. The van der Waals surface area contributed by atoms with Crippen LogP contribution in [-0.2, 0) is 0 Å². The molecule has 0 N–H and O–H groups in total. The standard InChI is InChI=1S/C42H29N3S/c1-28-14-4-3-13-25-44(29-15-5-2-6-16-29)39-27-35-32-19-9-11-21-37(32)45(40(35)26-34(28)39)38-24-23-33(30-17-7-8-18-31(30)38)42-43-36-20-10-12-22-41(36)46-42/h2-24,26-27H,1,25H2/b13-3-,14-4-. The zero-order valence-electron chi connectivity index (χ0n) is 25.1. The van der Waals surface area contributed by atoms with Crippen molar-refractivity contribution in [3.63, 3.8) is 0 Å². The summed E-state index contributed by atoms with van der Waals surface area (Å²) in [6, 6.07) is 45.7. The third-order valence-electron chi connectivity index (χ3n) is 8.99. The van der Waals surface area contributed by atoms with Gasteiger partial charge in [-0.3, -0.25) is 0 Å². The molecule has 0 saturated heterocycles. The van der Waals surface area contributed by atoms with Gasteiger partial charge in [0.25, 0.3) is 0 Å². The van der Waals surface area contributed by atoms with Gasteiger partial charge in [0.15, 0.2) is 0 Å². The van der Waals surface area contributed by atoms with E-state index in [1.807, 2.05) is 0 Å². The van der Waals surface area contributed by atoms with E-state index in [4.69, 9.17) is 4.98 Å². The molecule has 4 heteroatoms. The third kappa shape index (κ3) is 4.22. The van der Waals surface area contributed by atoms with Crippen LogP contribution in [0, 0.1) is 0 Å². The van der Waals surface area contributed by atoms with E-state index in [-0.39, 0.29) is 0 Å². The highest BCUT2D eigenvalue weighted by Gasteiger charge is 2.22. The van der Waals surface area contributed by atoms with Crippen LogP contribution in [0.2, 0.25) is 0 Å². The Kier molecular flexibility index (Phi) is 6.22. The summed E-state index contributed by atoms with van der Waals surface area (Å²) in [5, 5.41) is 5.88. The predicted octanol–water partition coefficient (Wildman–Crippen LogP) is 11.5. The lowest BCUT2D eigenvalue weighted by molar-refractivity contribution is 1.09. The minimum absolute atomic E-state index is 0.761. The summed E-state index contributed by atoms with van der Waals surface area (Å²) >= 11 is 1.75. The first-order chi connectivity index (χ1) is 22.7. The number of aromatic nitrogens is 2. The molecule has 0 bridgehead atoms. The van der Waals surface area contributed by atoms with Crippen LogP contribution < -0.4 is 4.90 Å². The molecule has 9 rings (SSSR count). The van der Waals surface area contributed by atoms with Gasteiger partial charge in [0.05, 0.1) is 32.6 Å². The van der Waals surface area contributed by atoms with Crippen molar-refractivity contribution in [3.8, 4) is 16.3 Å². The van der Waals surface area contributed by atoms with E-state index in [0.29, 0.717) is 0 Å². The van der Waals surface area contributed by atoms with Crippen LogP contribution in [0.5, 0.6) is 0 Å². The van der Waals surface area contributed by atoms with Crippen LogP contribution in [0.3, 0.4) is 0 Å². The van der Waals surface area contributed by atoms with Crippen LogP contribution in [0.1, 0.15) is 5.56 Å². The molecule has 46 heavy (non-hydrogen) atoms. The Labute approximate surface area is 271 Å². The van der Waals surface area contributed by atoms with Crippen LogP contribution in [-0.4, -0.2) is 16.1 Å². The molecule has 0 aliphatic carbocycles. The molecule has 0 amide bonds. The maximum absolute atomic E-state index is 5.02. The van der Waals surface area contributed by atoms with E-state index < -0.39 is 0 Å². The van der Waals surface area contributed by atoms with Crippen molar-refractivity contribution in [3.05, 3.63) is 164 Å². The minimum Gasteiger partial charge on any atom is -0.337 e. The first-order valence-electron chi connectivity index (χ1n) is 15.5. The summed E-state index contributed by atoms with van der Waals surface area (Å²) in [6.45, 7) is 5.30. The molecule has 6 aromatic carbocycles. The van der Waals surface area contributed by atoms with Crippen LogP contribution in [0.25, 0.3) is 64.6 Å². The normalized spacial score (nSPS) is 14.8. The molecular weight excluding hydrogens is 579 g/mol. The second kappa shape index (κ2) is 10.7. The number of rotatable bonds is 3. The summed E-state index contributed by atoms with van der Waals surface area (Å²) in [5.74, 6) is 0. The highest BCUT2D eigenvalue weighted by molar-refractivity contribution is 7.21. The van der Waals surface area contributed by atoms with Gasteiger partial charge in [0, 0.05) is 39.5 Å². The average Bonchev–Trinajstić information content (AvgIpc) is 3.69. The lowest BCUT2D eigenvalue weighted by Crippen LogP contribution is -2.18. The van der Waals surface area contributed by atoms with Crippen molar-refractivity contribution in [1.29, 1.82) is 0 Å². The molecule has 0 radical (unpaired) electrons. The zero-order chi connectivity index (χ0) is 30.6. The summed E-state index contributed by atoms with van der Waals surface area (Å²) in [5.41, 5.74) is 10.1. The summed E-state index contributed by atoms with van der Waals surface area (Å²) in [4.78, 5) is 7.41. The smallest absolute Gasteiger partial charge is 0.125 e. The lowest BCUT2D eigenvalue weighted by Gasteiger charge is -2.27. The molecule has 0 saturated carbocycles. The number of para-hydroxylation sites is 3. The molecule has 0 unspecified atom stereocenters. The van der Waals surface area contributed by atoms with Crippen molar-refractivity contribution < 1.29 is 0 Å². The Morgan fingerprint density at radius 2 is 1.37 bits per heavy atom. The molecule has 0 fully saturated rings. The topological polar surface area (TPSA) is 21.1 Å². The van der Waals surface area contributed by atoms with Gasteiger partial charge in [-0.2, -0.15) is 0 Å². The maximum Gasteiger partial charge on any atom is 0.125 e. The van der Waals surface area contributed by atoms with E-state index in [0.717, 1.165) is 56.3 Å². The van der Waals surface area contributed by atoms with Crippen molar-refractivity contribution >= 4 is 71.1 Å². The molecular formula is C42H29N3S. The van der Waals surface area contributed by atoms with Crippen molar-refractivity contribution in [2.24, 2.45) is 0 Å². The fourth-order valence-corrected chi connectivity index (χ4v) is 7.86. The number of hydrogen-bond acceptors (Lipinski definition) is 3. The van der Waals surface area contributed by atoms with Crippen molar-refractivity contribution in [1.82, 2.24) is 9.55 Å². The van der Waals surface area contributed by atoms with Gasteiger partial charge in [-0.1, -0.05) is 104 Å². The first-order valence-corrected chi connectivity index (χ1v) is 16.4. The summed E-state index contributed by atoms with van der Waals surface area (Å²) in [6.07, 6.45) is 8.53. The van der Waals surface area contributed by atoms with E-state index in [2.05, 4.69) is 168 Å². The van der Waals surface area contributed by atoms with Crippen LogP contribution in [0.4, 0.5) is 11.4 Å². The summed E-state index contributed by atoms with van der Waals surface area (Å²) in [7, 11) is 0. The van der Waals surface area contributed by atoms with E-state index in [1.165, 1.54) is 31.8 Å². The minimum atomic E-state index is 0.761. The second-order valence-electron chi connectivity index (χ2n) is 11.7. The van der Waals surface area contributed by atoms with E-state index in [1.54, 1.807) is 11.3 Å². The summed E-state index contributed by atoms with van der Waals surface area (Å²) < 4.78 is 3.64. The quantitative estimate of drug-likeness (QED) is 0.199. The zero-order valence-corrected chi connectivity index (χ0v) is 25.9. The number of anilines is 2. The van der Waals surface area contributed by atoms with Crippen LogP contribution in [0.15, 0.2) is 158 Å². The molecule has 8 aromatic rings. The van der Waals surface area contributed by atoms with E-state index in [9.17, 15) is 0 Å². The number of thiazole rings is 1. The second-order valence-corrected chi connectivity index (χ2v) is 12.7. The van der Waals surface area contributed by atoms with Crippen LogP contribution >= 0.6 is 11.3 Å². The van der Waals surface area contributed by atoms with Gasteiger partial charge in [0.2, 0.25) is 0 Å². The molecule has 0 atom stereocenters. The number of fused-ring (bicyclic) bond motifs is 6. The Balaban J connectivity index is 1.33. The number of benzene rings is 6. The van der Waals surface area contributed by atoms with Gasteiger partial charge < -0.3 is 9.47 Å². The van der Waals surface area contributed by atoms with Gasteiger partial charge in [-0.15, -0.1) is 11.3 Å². The molecule has 3 nitrogen and oxygen atoms in total. The Bertz CT molecular complexity index is 2500. The monoisotopic (exact) mass is 607 g/mol. The largest absolute Gasteiger partial charge is 0.337 e.